The molecule has 5 heteroatoms. The zero-order valence-corrected chi connectivity index (χ0v) is 8.72. The van der Waals surface area contributed by atoms with E-state index in [2.05, 4.69) is 5.32 Å². The molecule has 5 nitrogen and oxygen atoms in total. The molecular formula is C10H18N2O3. The predicted molar refractivity (Wildman–Crippen MR) is 54.2 cm³/mol. The van der Waals surface area contributed by atoms with E-state index in [0.717, 1.165) is 25.9 Å². The van der Waals surface area contributed by atoms with Crippen molar-refractivity contribution in [2.45, 2.75) is 25.0 Å². The third-order valence-electron chi connectivity index (χ3n) is 3.22. The van der Waals surface area contributed by atoms with Gasteiger partial charge >= 0.3 is 0 Å². The summed E-state index contributed by atoms with van der Waals surface area (Å²) in [4.78, 5) is 13.5. The van der Waals surface area contributed by atoms with Crippen LogP contribution in [0.2, 0.25) is 0 Å². The van der Waals surface area contributed by atoms with Crippen molar-refractivity contribution in [3.05, 3.63) is 0 Å². The number of aliphatic hydroxyl groups excluding tert-OH is 2. The summed E-state index contributed by atoms with van der Waals surface area (Å²) in [5.41, 5.74) is 0. The molecule has 3 N–H and O–H groups in total. The standard InChI is InChI=1S/C10H18N2O3/c13-8-5-12(6-9(8)14)10(15)7-2-1-3-11-4-7/h7-9,11,13-14H,1-6H2/t7?,8-,9+. The Balaban J connectivity index is 1.90. The highest BCUT2D eigenvalue weighted by molar-refractivity contribution is 5.79. The first-order valence-corrected chi connectivity index (χ1v) is 5.54. The van der Waals surface area contributed by atoms with E-state index in [1.807, 2.05) is 0 Å². The van der Waals surface area contributed by atoms with Crippen molar-refractivity contribution in [1.82, 2.24) is 10.2 Å². The molecule has 0 aliphatic carbocycles. The molecule has 2 aliphatic rings. The van der Waals surface area contributed by atoms with Gasteiger partial charge in [-0.05, 0) is 19.4 Å². The largest absolute Gasteiger partial charge is 0.388 e. The van der Waals surface area contributed by atoms with Crippen molar-refractivity contribution in [1.29, 1.82) is 0 Å². The van der Waals surface area contributed by atoms with Gasteiger partial charge in [-0.3, -0.25) is 4.79 Å². The van der Waals surface area contributed by atoms with Crippen molar-refractivity contribution >= 4 is 5.91 Å². The molecule has 0 spiro atoms. The molecule has 0 bridgehead atoms. The molecule has 1 amide bonds. The summed E-state index contributed by atoms with van der Waals surface area (Å²) in [6.07, 6.45) is 0.389. The van der Waals surface area contributed by atoms with Gasteiger partial charge < -0.3 is 20.4 Å². The van der Waals surface area contributed by atoms with Crippen LogP contribution in [0.3, 0.4) is 0 Å². The number of rotatable bonds is 1. The Morgan fingerprint density at radius 3 is 2.47 bits per heavy atom. The van der Waals surface area contributed by atoms with E-state index in [1.54, 1.807) is 4.90 Å². The second kappa shape index (κ2) is 4.47. The molecule has 2 heterocycles. The predicted octanol–water partition coefficient (Wildman–Crippen LogP) is -1.45. The second-order valence-electron chi connectivity index (χ2n) is 4.42. The fourth-order valence-electron chi connectivity index (χ4n) is 2.27. The highest BCUT2D eigenvalue weighted by Crippen LogP contribution is 2.18. The van der Waals surface area contributed by atoms with Crippen LogP contribution >= 0.6 is 0 Å². The lowest BCUT2D eigenvalue weighted by atomic mass is 9.98. The van der Waals surface area contributed by atoms with Crippen molar-refractivity contribution < 1.29 is 15.0 Å². The minimum Gasteiger partial charge on any atom is -0.388 e. The van der Waals surface area contributed by atoms with Gasteiger partial charge in [-0.25, -0.2) is 0 Å². The number of amides is 1. The van der Waals surface area contributed by atoms with Crippen LogP contribution in [0, 0.1) is 5.92 Å². The average Bonchev–Trinajstić information content (AvgIpc) is 2.59. The van der Waals surface area contributed by atoms with E-state index < -0.39 is 12.2 Å². The number of hydrogen-bond acceptors (Lipinski definition) is 4. The Hall–Kier alpha value is -0.650. The lowest BCUT2D eigenvalue weighted by molar-refractivity contribution is -0.135. The molecule has 3 atom stereocenters. The maximum absolute atomic E-state index is 12.0. The first kappa shape index (κ1) is 10.9. The first-order chi connectivity index (χ1) is 7.18. The lowest BCUT2D eigenvalue weighted by Crippen LogP contribution is -2.42. The number of nitrogens with zero attached hydrogens (tertiary/aromatic N) is 1. The van der Waals surface area contributed by atoms with E-state index in [1.165, 1.54) is 0 Å². The highest BCUT2D eigenvalue weighted by atomic mass is 16.3. The summed E-state index contributed by atoms with van der Waals surface area (Å²) in [6, 6.07) is 0. The molecule has 2 saturated heterocycles. The monoisotopic (exact) mass is 214 g/mol. The van der Waals surface area contributed by atoms with Crippen molar-refractivity contribution in [2.24, 2.45) is 5.92 Å². The zero-order chi connectivity index (χ0) is 10.8. The van der Waals surface area contributed by atoms with Crippen molar-refractivity contribution in [3.8, 4) is 0 Å². The zero-order valence-electron chi connectivity index (χ0n) is 8.72. The maximum Gasteiger partial charge on any atom is 0.227 e. The molecule has 2 fully saturated rings. The second-order valence-corrected chi connectivity index (χ2v) is 4.42. The van der Waals surface area contributed by atoms with E-state index >= 15 is 0 Å². The minimum atomic E-state index is -0.773. The molecule has 15 heavy (non-hydrogen) atoms. The van der Waals surface area contributed by atoms with Crippen LogP contribution in [0.25, 0.3) is 0 Å². The summed E-state index contributed by atoms with van der Waals surface area (Å²) in [6.45, 7) is 2.25. The Morgan fingerprint density at radius 1 is 1.27 bits per heavy atom. The van der Waals surface area contributed by atoms with E-state index in [0.29, 0.717) is 0 Å². The van der Waals surface area contributed by atoms with Gasteiger partial charge in [0.1, 0.15) is 0 Å². The van der Waals surface area contributed by atoms with E-state index in [9.17, 15) is 15.0 Å². The van der Waals surface area contributed by atoms with Gasteiger partial charge in [-0.1, -0.05) is 0 Å². The van der Waals surface area contributed by atoms with Crippen molar-refractivity contribution in [3.63, 3.8) is 0 Å². The van der Waals surface area contributed by atoms with Gasteiger partial charge in [0.25, 0.3) is 0 Å². The number of aliphatic hydroxyl groups is 2. The van der Waals surface area contributed by atoms with Gasteiger partial charge in [0.2, 0.25) is 5.91 Å². The van der Waals surface area contributed by atoms with Gasteiger partial charge in [-0.15, -0.1) is 0 Å². The highest BCUT2D eigenvalue weighted by Gasteiger charge is 2.35. The van der Waals surface area contributed by atoms with Crippen LogP contribution in [0.4, 0.5) is 0 Å². The number of nitrogens with one attached hydrogen (secondary N) is 1. The van der Waals surface area contributed by atoms with Gasteiger partial charge in [0.05, 0.1) is 18.1 Å². The summed E-state index contributed by atoms with van der Waals surface area (Å²) < 4.78 is 0. The summed E-state index contributed by atoms with van der Waals surface area (Å²) in [5.74, 6) is 0.0917. The van der Waals surface area contributed by atoms with E-state index in [-0.39, 0.29) is 24.9 Å². The molecule has 0 saturated carbocycles. The fraction of sp³-hybridized carbons (Fsp3) is 0.900. The number of carbonyl (C=O) groups excluding carboxylic acids is 1. The Bertz CT molecular complexity index is 231. The Kier molecular flexibility index (Phi) is 3.23. The smallest absolute Gasteiger partial charge is 0.227 e. The van der Waals surface area contributed by atoms with Gasteiger partial charge in [-0.2, -0.15) is 0 Å². The quantitative estimate of drug-likeness (QED) is 0.499. The van der Waals surface area contributed by atoms with Gasteiger partial charge in [0, 0.05) is 19.6 Å². The molecule has 0 radical (unpaired) electrons. The normalized spacial score (nSPS) is 36.9. The molecule has 0 aromatic heterocycles. The topological polar surface area (TPSA) is 72.8 Å². The van der Waals surface area contributed by atoms with Crippen LogP contribution in [0.5, 0.6) is 0 Å². The number of piperidine rings is 1. The molecule has 2 aliphatic heterocycles. The van der Waals surface area contributed by atoms with Crippen molar-refractivity contribution in [2.75, 3.05) is 26.2 Å². The average molecular weight is 214 g/mol. The van der Waals surface area contributed by atoms with Crippen LogP contribution in [0.1, 0.15) is 12.8 Å². The Labute approximate surface area is 89.1 Å². The number of hydrogen-bond donors (Lipinski definition) is 3. The molecule has 2 rings (SSSR count). The van der Waals surface area contributed by atoms with Crippen LogP contribution in [0.15, 0.2) is 0 Å². The third-order valence-corrected chi connectivity index (χ3v) is 3.22. The summed E-state index contributed by atoms with van der Waals surface area (Å²) >= 11 is 0. The maximum atomic E-state index is 12.0. The summed E-state index contributed by atoms with van der Waals surface area (Å²) in [5, 5.41) is 21.9. The molecular weight excluding hydrogens is 196 g/mol. The molecule has 1 unspecified atom stereocenters. The fourth-order valence-corrected chi connectivity index (χ4v) is 2.27. The number of carbonyl (C=O) groups is 1. The van der Waals surface area contributed by atoms with Crippen LogP contribution < -0.4 is 5.32 Å². The number of β-amino-alcohol motifs (C(OH)–C–C–N with tert-alkyl or cyclic N) is 2. The molecule has 86 valence electrons. The minimum absolute atomic E-state index is 0.0243. The van der Waals surface area contributed by atoms with Gasteiger partial charge in [0.15, 0.2) is 0 Å². The van der Waals surface area contributed by atoms with Crippen LogP contribution in [-0.2, 0) is 4.79 Å². The van der Waals surface area contributed by atoms with Crippen LogP contribution in [-0.4, -0.2) is 59.4 Å². The van der Waals surface area contributed by atoms with E-state index in [4.69, 9.17) is 0 Å². The molecule has 0 aromatic rings. The lowest BCUT2D eigenvalue weighted by Gasteiger charge is -2.26. The number of likely N-dealkylation sites (tertiary alicyclic amines) is 1. The summed E-state index contributed by atoms with van der Waals surface area (Å²) in [7, 11) is 0. The third kappa shape index (κ3) is 2.30. The Morgan fingerprint density at radius 2 is 1.93 bits per heavy atom. The first-order valence-electron chi connectivity index (χ1n) is 5.54. The SMILES string of the molecule is O=C(C1CCCNC1)N1C[C@@H](O)[C@@H](O)C1. The molecule has 0 aromatic carbocycles.